The van der Waals surface area contributed by atoms with E-state index < -0.39 is 6.36 Å². The van der Waals surface area contributed by atoms with E-state index in [0.29, 0.717) is 0 Å². The first kappa shape index (κ1) is 11.4. The summed E-state index contributed by atoms with van der Waals surface area (Å²) in [6.45, 7) is 0. The van der Waals surface area contributed by atoms with Gasteiger partial charge in [0.05, 0.1) is 0 Å². The average molecular weight is 269 g/mol. The van der Waals surface area contributed by atoms with Gasteiger partial charge < -0.3 is 4.74 Å². The van der Waals surface area contributed by atoms with Gasteiger partial charge in [0.1, 0.15) is 5.75 Å². The van der Waals surface area contributed by atoms with Crippen LogP contribution in [0.1, 0.15) is 5.56 Å². The van der Waals surface area contributed by atoms with Crippen LogP contribution < -0.4 is 4.74 Å². The maximum absolute atomic E-state index is 11.8. The van der Waals surface area contributed by atoms with Gasteiger partial charge in [-0.15, -0.1) is 13.2 Å². The molecule has 1 rings (SSSR count). The summed E-state index contributed by atoms with van der Waals surface area (Å²) in [4.78, 5) is 0. The number of aryl methyl sites for hydroxylation is 1. The molecule has 14 heavy (non-hydrogen) atoms. The predicted octanol–water partition coefficient (Wildman–Crippen LogP) is 3.52. The number of alkyl halides is 4. The lowest BCUT2D eigenvalue weighted by Crippen LogP contribution is -2.17. The van der Waals surface area contributed by atoms with E-state index in [2.05, 4.69) is 20.7 Å². The summed E-state index contributed by atoms with van der Waals surface area (Å²) in [5, 5.41) is 0.784. The zero-order chi connectivity index (χ0) is 10.6. The number of rotatable bonds is 3. The average Bonchev–Trinajstić information content (AvgIpc) is 2.06. The molecule has 0 aliphatic carbocycles. The highest BCUT2D eigenvalue weighted by atomic mass is 79.9. The minimum atomic E-state index is -4.61. The van der Waals surface area contributed by atoms with E-state index >= 15 is 0 Å². The Hall–Kier alpha value is -0.710. The maximum atomic E-state index is 11.8. The molecule has 1 nitrogen and oxygen atoms in total. The van der Waals surface area contributed by atoms with Gasteiger partial charge in [-0.25, -0.2) is 0 Å². The van der Waals surface area contributed by atoms with E-state index in [1.54, 1.807) is 12.1 Å². The molecule has 0 fully saturated rings. The Morgan fingerprint density at radius 3 is 2.14 bits per heavy atom. The van der Waals surface area contributed by atoms with Gasteiger partial charge >= 0.3 is 6.36 Å². The van der Waals surface area contributed by atoms with Crippen LogP contribution in [0, 0.1) is 0 Å². The SMILES string of the molecule is FC(F)(F)Oc1ccc(CCBr)cc1. The van der Waals surface area contributed by atoms with Crippen LogP contribution in [0.5, 0.6) is 5.75 Å². The van der Waals surface area contributed by atoms with Crippen molar-refractivity contribution in [3.63, 3.8) is 0 Å². The highest BCUT2D eigenvalue weighted by Crippen LogP contribution is 2.22. The van der Waals surface area contributed by atoms with Gasteiger partial charge in [0.2, 0.25) is 0 Å². The zero-order valence-corrected chi connectivity index (χ0v) is 8.73. The van der Waals surface area contributed by atoms with Crippen molar-refractivity contribution in [2.75, 3.05) is 5.33 Å². The zero-order valence-electron chi connectivity index (χ0n) is 7.14. The van der Waals surface area contributed by atoms with Crippen molar-refractivity contribution in [3.05, 3.63) is 29.8 Å². The van der Waals surface area contributed by atoms with Crippen molar-refractivity contribution < 1.29 is 17.9 Å². The standard InChI is InChI=1S/C9H8BrF3O/c10-6-5-7-1-3-8(4-2-7)14-9(11,12)13/h1-4H,5-6H2. The lowest BCUT2D eigenvalue weighted by atomic mass is 10.2. The molecule has 0 N–H and O–H groups in total. The van der Waals surface area contributed by atoms with Gasteiger partial charge in [0.15, 0.2) is 0 Å². The Morgan fingerprint density at radius 1 is 1.14 bits per heavy atom. The minimum absolute atomic E-state index is 0.184. The lowest BCUT2D eigenvalue weighted by Gasteiger charge is -2.08. The summed E-state index contributed by atoms with van der Waals surface area (Å²) < 4.78 is 39.0. The highest BCUT2D eigenvalue weighted by Gasteiger charge is 2.30. The third-order valence-corrected chi connectivity index (χ3v) is 1.94. The molecule has 0 saturated heterocycles. The van der Waals surface area contributed by atoms with Crippen molar-refractivity contribution in [3.8, 4) is 5.75 Å². The van der Waals surface area contributed by atoms with Crippen molar-refractivity contribution in [1.29, 1.82) is 0 Å². The van der Waals surface area contributed by atoms with E-state index in [-0.39, 0.29) is 5.75 Å². The molecule has 0 heterocycles. The molecule has 1 aromatic rings. The van der Waals surface area contributed by atoms with Crippen LogP contribution in [0.2, 0.25) is 0 Å². The second-order valence-electron chi connectivity index (χ2n) is 2.63. The molecular formula is C9H8BrF3O. The molecule has 0 radical (unpaired) electrons. The van der Waals surface area contributed by atoms with Crippen LogP contribution in [0.3, 0.4) is 0 Å². The van der Waals surface area contributed by atoms with Crippen LogP contribution in [0.15, 0.2) is 24.3 Å². The van der Waals surface area contributed by atoms with Gasteiger partial charge in [0, 0.05) is 5.33 Å². The molecule has 78 valence electrons. The molecule has 0 saturated carbocycles. The smallest absolute Gasteiger partial charge is 0.406 e. The van der Waals surface area contributed by atoms with Crippen molar-refractivity contribution in [2.24, 2.45) is 0 Å². The number of ether oxygens (including phenoxy) is 1. The second kappa shape index (κ2) is 4.68. The summed E-state index contributed by atoms with van der Waals surface area (Å²) in [5.41, 5.74) is 0.969. The fourth-order valence-corrected chi connectivity index (χ4v) is 1.42. The third-order valence-electron chi connectivity index (χ3n) is 1.54. The number of benzene rings is 1. The van der Waals surface area contributed by atoms with Gasteiger partial charge in [-0.3, -0.25) is 0 Å². The van der Waals surface area contributed by atoms with E-state index in [1.807, 2.05) is 0 Å². The number of hydrogen-bond acceptors (Lipinski definition) is 1. The summed E-state index contributed by atoms with van der Waals surface area (Å²) in [6, 6.07) is 5.85. The Bertz CT molecular complexity index is 281. The van der Waals surface area contributed by atoms with Gasteiger partial charge in [-0.2, -0.15) is 0 Å². The lowest BCUT2D eigenvalue weighted by molar-refractivity contribution is -0.274. The quantitative estimate of drug-likeness (QED) is 0.763. The van der Waals surface area contributed by atoms with E-state index in [4.69, 9.17) is 0 Å². The van der Waals surface area contributed by atoms with E-state index in [9.17, 15) is 13.2 Å². The topological polar surface area (TPSA) is 9.23 Å². The Kier molecular flexibility index (Phi) is 3.80. The summed E-state index contributed by atoms with van der Waals surface area (Å²) in [6.07, 6.45) is -3.83. The monoisotopic (exact) mass is 268 g/mol. The molecule has 1 aromatic carbocycles. The Balaban J connectivity index is 2.64. The summed E-state index contributed by atoms with van der Waals surface area (Å²) in [7, 11) is 0. The molecule has 0 spiro atoms. The molecule has 5 heteroatoms. The molecular weight excluding hydrogens is 261 g/mol. The first-order valence-electron chi connectivity index (χ1n) is 3.92. The minimum Gasteiger partial charge on any atom is -0.406 e. The second-order valence-corrected chi connectivity index (χ2v) is 3.42. The molecule has 0 unspecified atom stereocenters. The van der Waals surface area contributed by atoms with Gasteiger partial charge in [-0.1, -0.05) is 28.1 Å². The fraction of sp³-hybridized carbons (Fsp3) is 0.333. The molecule has 0 aliphatic rings. The van der Waals surface area contributed by atoms with E-state index in [1.165, 1.54) is 12.1 Å². The fourth-order valence-electron chi connectivity index (χ4n) is 0.967. The number of halogens is 4. The Labute approximate surface area is 88.0 Å². The largest absolute Gasteiger partial charge is 0.573 e. The molecule has 0 amide bonds. The van der Waals surface area contributed by atoms with Crippen molar-refractivity contribution >= 4 is 15.9 Å². The van der Waals surface area contributed by atoms with Gasteiger partial charge in [0.25, 0.3) is 0 Å². The van der Waals surface area contributed by atoms with Crippen LogP contribution >= 0.6 is 15.9 Å². The first-order chi connectivity index (χ1) is 6.51. The molecule has 0 atom stereocenters. The van der Waals surface area contributed by atoms with Gasteiger partial charge in [-0.05, 0) is 24.1 Å². The van der Waals surface area contributed by atoms with Crippen molar-refractivity contribution in [2.45, 2.75) is 12.8 Å². The van der Waals surface area contributed by atoms with Crippen LogP contribution in [-0.2, 0) is 6.42 Å². The predicted molar refractivity (Wildman–Crippen MR) is 50.6 cm³/mol. The first-order valence-corrected chi connectivity index (χ1v) is 5.04. The van der Waals surface area contributed by atoms with Crippen LogP contribution in [0.25, 0.3) is 0 Å². The highest BCUT2D eigenvalue weighted by molar-refractivity contribution is 9.09. The van der Waals surface area contributed by atoms with Crippen LogP contribution in [-0.4, -0.2) is 11.7 Å². The number of hydrogen-bond donors (Lipinski definition) is 0. The normalized spacial score (nSPS) is 11.4. The van der Waals surface area contributed by atoms with Crippen LogP contribution in [0.4, 0.5) is 13.2 Å². The van der Waals surface area contributed by atoms with Crippen molar-refractivity contribution in [1.82, 2.24) is 0 Å². The molecule has 0 aliphatic heterocycles. The Morgan fingerprint density at radius 2 is 1.71 bits per heavy atom. The third kappa shape index (κ3) is 4.00. The maximum Gasteiger partial charge on any atom is 0.573 e. The molecule has 0 aromatic heterocycles. The molecule has 0 bridgehead atoms. The summed E-state index contributed by atoms with van der Waals surface area (Å²) in [5.74, 6) is -0.184. The summed E-state index contributed by atoms with van der Waals surface area (Å²) >= 11 is 3.24. The van der Waals surface area contributed by atoms with E-state index in [0.717, 1.165) is 17.3 Å².